The topological polar surface area (TPSA) is 42.7 Å². The number of nitrogens with zero attached hydrogens (tertiary/aromatic N) is 3. The van der Waals surface area contributed by atoms with E-state index < -0.39 is 0 Å². The van der Waals surface area contributed by atoms with Crippen LogP contribution in [0.25, 0.3) is 22.1 Å². The quantitative estimate of drug-likeness (QED) is 0.705. The Kier molecular flexibility index (Phi) is 2.85. The van der Waals surface area contributed by atoms with Crippen molar-refractivity contribution in [2.75, 3.05) is 5.32 Å². The minimum absolute atomic E-state index is 0.107. The van der Waals surface area contributed by atoms with Crippen LogP contribution in [0.1, 0.15) is 32.1 Å². The first-order valence-corrected chi connectivity index (χ1v) is 9.13. The Morgan fingerprint density at radius 1 is 1.04 bits per heavy atom. The first-order chi connectivity index (χ1) is 11.4. The molecule has 1 aliphatic heterocycles. The van der Waals surface area contributed by atoms with Gasteiger partial charge in [-0.15, -0.1) is 16.4 Å². The lowest BCUT2D eigenvalue weighted by Gasteiger charge is -2.42. The van der Waals surface area contributed by atoms with E-state index in [1.165, 1.54) is 24.9 Å². The fourth-order valence-corrected chi connectivity index (χ4v) is 4.51. The molecule has 5 rings (SSSR count). The van der Waals surface area contributed by atoms with Crippen LogP contribution in [-0.2, 0) is 5.66 Å². The SMILES string of the molecule is c1csc(-c2nc3n(n2)C2(CCCCC2)Nc2ccccc2-3)c1. The minimum atomic E-state index is -0.107. The van der Waals surface area contributed by atoms with Crippen molar-refractivity contribution < 1.29 is 0 Å². The zero-order chi connectivity index (χ0) is 15.3. The van der Waals surface area contributed by atoms with Gasteiger partial charge in [0.25, 0.3) is 0 Å². The molecule has 3 aromatic rings. The van der Waals surface area contributed by atoms with Gasteiger partial charge in [-0.3, -0.25) is 0 Å². The van der Waals surface area contributed by atoms with Crippen molar-refractivity contribution in [1.29, 1.82) is 0 Å². The van der Waals surface area contributed by atoms with E-state index >= 15 is 0 Å². The maximum absolute atomic E-state index is 4.92. The summed E-state index contributed by atoms with van der Waals surface area (Å²) < 4.78 is 2.17. The standard InChI is InChI=1S/C18H18N4S/c1-4-10-18(11-5-1)20-14-8-3-2-7-13(14)17-19-16(21-22(17)18)15-9-6-12-23-15/h2-3,6-9,12,20H,1,4-5,10-11H2. The van der Waals surface area contributed by atoms with Gasteiger partial charge in [-0.2, -0.15) is 0 Å². The van der Waals surface area contributed by atoms with Gasteiger partial charge in [0, 0.05) is 11.3 Å². The highest BCUT2D eigenvalue weighted by molar-refractivity contribution is 7.13. The molecule has 3 heterocycles. The largest absolute Gasteiger partial charge is 0.361 e. The summed E-state index contributed by atoms with van der Waals surface area (Å²) in [6.07, 6.45) is 6.02. The summed E-state index contributed by atoms with van der Waals surface area (Å²) in [5.41, 5.74) is 2.23. The number of anilines is 1. The highest BCUT2D eigenvalue weighted by Crippen LogP contribution is 2.44. The van der Waals surface area contributed by atoms with Crippen molar-refractivity contribution in [3.05, 3.63) is 41.8 Å². The molecule has 4 nitrogen and oxygen atoms in total. The molecule has 2 aromatic heterocycles. The normalized spacial score (nSPS) is 18.3. The molecule has 0 atom stereocenters. The van der Waals surface area contributed by atoms with Gasteiger partial charge in [0.15, 0.2) is 11.6 Å². The van der Waals surface area contributed by atoms with Gasteiger partial charge in [0.2, 0.25) is 0 Å². The Balaban J connectivity index is 1.73. The summed E-state index contributed by atoms with van der Waals surface area (Å²) in [6, 6.07) is 12.6. The maximum atomic E-state index is 4.92. The Bertz CT molecular complexity index is 844. The molecule has 2 aliphatic rings. The Labute approximate surface area is 139 Å². The van der Waals surface area contributed by atoms with Crippen LogP contribution < -0.4 is 5.32 Å². The molecule has 116 valence electrons. The fraction of sp³-hybridized carbons (Fsp3) is 0.333. The van der Waals surface area contributed by atoms with Crippen LogP contribution in [0.15, 0.2) is 41.8 Å². The van der Waals surface area contributed by atoms with Gasteiger partial charge >= 0.3 is 0 Å². The van der Waals surface area contributed by atoms with E-state index in [-0.39, 0.29) is 5.66 Å². The van der Waals surface area contributed by atoms with Gasteiger partial charge in [-0.1, -0.05) is 24.6 Å². The second kappa shape index (κ2) is 4.93. The number of thiophene rings is 1. The van der Waals surface area contributed by atoms with Crippen molar-refractivity contribution in [1.82, 2.24) is 14.8 Å². The molecule has 1 aliphatic carbocycles. The lowest BCUT2D eigenvalue weighted by atomic mass is 9.87. The number of hydrogen-bond acceptors (Lipinski definition) is 4. The zero-order valence-corrected chi connectivity index (χ0v) is 13.6. The number of fused-ring (bicyclic) bond motifs is 4. The monoisotopic (exact) mass is 322 g/mol. The predicted molar refractivity (Wildman–Crippen MR) is 93.5 cm³/mol. The van der Waals surface area contributed by atoms with Crippen LogP contribution in [0.4, 0.5) is 5.69 Å². The van der Waals surface area contributed by atoms with E-state index in [0.29, 0.717) is 0 Å². The van der Waals surface area contributed by atoms with Crippen LogP contribution in [0, 0.1) is 0 Å². The molecule has 5 heteroatoms. The van der Waals surface area contributed by atoms with Crippen LogP contribution in [0.3, 0.4) is 0 Å². The first-order valence-electron chi connectivity index (χ1n) is 8.25. The number of hydrogen-bond donors (Lipinski definition) is 1. The molecule has 0 saturated heterocycles. The summed E-state index contributed by atoms with van der Waals surface area (Å²) in [4.78, 5) is 6.04. The summed E-state index contributed by atoms with van der Waals surface area (Å²) >= 11 is 1.70. The van der Waals surface area contributed by atoms with E-state index in [4.69, 9.17) is 10.1 Å². The summed E-state index contributed by atoms with van der Waals surface area (Å²) in [6.45, 7) is 0. The molecule has 23 heavy (non-hydrogen) atoms. The number of rotatable bonds is 1. The Morgan fingerprint density at radius 3 is 2.74 bits per heavy atom. The molecule has 1 aromatic carbocycles. The summed E-state index contributed by atoms with van der Waals surface area (Å²) in [7, 11) is 0. The molecule has 0 amide bonds. The lowest BCUT2D eigenvalue weighted by molar-refractivity contribution is 0.209. The molecule has 0 unspecified atom stereocenters. The van der Waals surface area contributed by atoms with Gasteiger partial charge in [-0.25, -0.2) is 9.67 Å². The van der Waals surface area contributed by atoms with Crippen molar-refractivity contribution >= 4 is 17.0 Å². The lowest BCUT2D eigenvalue weighted by Crippen LogP contribution is -2.46. The van der Waals surface area contributed by atoms with E-state index in [1.54, 1.807) is 11.3 Å². The van der Waals surface area contributed by atoms with Crippen LogP contribution in [-0.4, -0.2) is 14.8 Å². The van der Waals surface area contributed by atoms with Gasteiger partial charge < -0.3 is 5.32 Å². The van der Waals surface area contributed by atoms with Gasteiger partial charge in [0.1, 0.15) is 5.66 Å². The van der Waals surface area contributed by atoms with E-state index in [0.717, 1.165) is 34.9 Å². The van der Waals surface area contributed by atoms with Crippen molar-refractivity contribution in [3.8, 4) is 22.1 Å². The minimum Gasteiger partial charge on any atom is -0.361 e. The number of para-hydroxylation sites is 1. The molecule has 1 N–H and O–H groups in total. The summed E-state index contributed by atoms with van der Waals surface area (Å²) in [5.74, 6) is 1.85. The Morgan fingerprint density at radius 2 is 1.91 bits per heavy atom. The molecule has 0 bridgehead atoms. The molecular weight excluding hydrogens is 304 g/mol. The first kappa shape index (κ1) is 13.3. The molecule has 1 saturated carbocycles. The van der Waals surface area contributed by atoms with Crippen LogP contribution >= 0.6 is 11.3 Å². The van der Waals surface area contributed by atoms with Crippen LogP contribution in [0.2, 0.25) is 0 Å². The van der Waals surface area contributed by atoms with Crippen molar-refractivity contribution in [3.63, 3.8) is 0 Å². The van der Waals surface area contributed by atoms with Crippen molar-refractivity contribution in [2.45, 2.75) is 37.8 Å². The average Bonchev–Trinajstić information content (AvgIpc) is 3.26. The fourth-order valence-electron chi connectivity index (χ4n) is 3.86. The summed E-state index contributed by atoms with van der Waals surface area (Å²) in [5, 5.41) is 10.8. The third kappa shape index (κ3) is 1.96. The number of aromatic nitrogens is 3. The van der Waals surface area contributed by atoms with Gasteiger partial charge in [-0.05, 0) is 49.3 Å². The average molecular weight is 322 g/mol. The highest BCUT2D eigenvalue weighted by Gasteiger charge is 2.41. The second-order valence-corrected chi connectivity index (χ2v) is 7.36. The third-order valence-corrected chi connectivity index (χ3v) is 5.84. The maximum Gasteiger partial charge on any atom is 0.191 e. The van der Waals surface area contributed by atoms with E-state index in [1.807, 2.05) is 0 Å². The van der Waals surface area contributed by atoms with E-state index in [9.17, 15) is 0 Å². The highest BCUT2D eigenvalue weighted by atomic mass is 32.1. The van der Waals surface area contributed by atoms with E-state index in [2.05, 4.69) is 51.8 Å². The molecule has 1 spiro atoms. The smallest absolute Gasteiger partial charge is 0.191 e. The van der Waals surface area contributed by atoms with Gasteiger partial charge in [0.05, 0.1) is 4.88 Å². The number of benzene rings is 1. The Hall–Kier alpha value is -2.14. The molecule has 0 radical (unpaired) electrons. The van der Waals surface area contributed by atoms with Crippen LogP contribution in [0.5, 0.6) is 0 Å². The molecule has 1 fully saturated rings. The second-order valence-electron chi connectivity index (χ2n) is 6.41. The van der Waals surface area contributed by atoms with Crippen molar-refractivity contribution in [2.24, 2.45) is 0 Å². The predicted octanol–water partition coefficient (Wildman–Crippen LogP) is 4.72. The third-order valence-electron chi connectivity index (χ3n) is 4.97. The zero-order valence-electron chi connectivity index (χ0n) is 12.8. The molecular formula is C18H18N4S. The number of nitrogens with one attached hydrogen (secondary N) is 1.